The molecule has 3 aromatic carbocycles. The van der Waals surface area contributed by atoms with E-state index in [4.69, 9.17) is 4.74 Å². The summed E-state index contributed by atoms with van der Waals surface area (Å²) in [6.45, 7) is 0. The summed E-state index contributed by atoms with van der Waals surface area (Å²) in [4.78, 5) is 0. The van der Waals surface area contributed by atoms with Crippen LogP contribution in [0.4, 0.5) is 0 Å². The molecule has 0 saturated carbocycles. The van der Waals surface area contributed by atoms with Gasteiger partial charge in [-0.05, 0) is 6.07 Å². The standard InChI is InChI=1S/C15H12O3/c1-18-12-8-4-7-11-13(12)15(17)10-6-3-2-5-9(10)14(11)16/h2-8,16-17H,1H3. The highest BCUT2D eigenvalue weighted by Gasteiger charge is 2.15. The van der Waals surface area contributed by atoms with Crippen molar-refractivity contribution in [2.75, 3.05) is 7.11 Å². The molecule has 2 N–H and O–H groups in total. The molecule has 0 spiro atoms. The van der Waals surface area contributed by atoms with Crippen LogP contribution < -0.4 is 4.74 Å². The highest BCUT2D eigenvalue weighted by molar-refractivity contribution is 6.12. The van der Waals surface area contributed by atoms with Crippen molar-refractivity contribution in [3.05, 3.63) is 42.5 Å². The van der Waals surface area contributed by atoms with E-state index in [9.17, 15) is 10.2 Å². The lowest BCUT2D eigenvalue weighted by atomic mass is 10.00. The van der Waals surface area contributed by atoms with Crippen molar-refractivity contribution in [3.63, 3.8) is 0 Å². The zero-order valence-electron chi connectivity index (χ0n) is 9.84. The third kappa shape index (κ3) is 1.31. The molecule has 0 aliphatic heterocycles. The molecular weight excluding hydrogens is 228 g/mol. The van der Waals surface area contributed by atoms with Gasteiger partial charge in [0.15, 0.2) is 0 Å². The van der Waals surface area contributed by atoms with Gasteiger partial charge in [0.25, 0.3) is 0 Å². The molecule has 0 unspecified atom stereocenters. The summed E-state index contributed by atoms with van der Waals surface area (Å²) >= 11 is 0. The molecule has 90 valence electrons. The van der Waals surface area contributed by atoms with Crippen molar-refractivity contribution in [2.45, 2.75) is 0 Å². The fourth-order valence-corrected chi connectivity index (χ4v) is 2.32. The molecule has 0 aliphatic rings. The molecule has 0 fully saturated rings. The first-order valence-electron chi connectivity index (χ1n) is 5.63. The van der Waals surface area contributed by atoms with Crippen LogP contribution in [-0.2, 0) is 0 Å². The van der Waals surface area contributed by atoms with Crippen LogP contribution in [0.25, 0.3) is 21.5 Å². The van der Waals surface area contributed by atoms with Crippen LogP contribution in [0.1, 0.15) is 0 Å². The quantitative estimate of drug-likeness (QED) is 0.506. The fourth-order valence-electron chi connectivity index (χ4n) is 2.32. The van der Waals surface area contributed by atoms with E-state index in [1.54, 1.807) is 37.4 Å². The largest absolute Gasteiger partial charge is 0.507 e. The Balaban J connectivity index is 2.63. The number of methoxy groups -OCH3 is 1. The van der Waals surface area contributed by atoms with Crippen molar-refractivity contribution in [2.24, 2.45) is 0 Å². The van der Waals surface area contributed by atoms with Crippen LogP contribution in [0.15, 0.2) is 42.5 Å². The molecular formula is C15H12O3. The Kier molecular flexibility index (Phi) is 2.27. The summed E-state index contributed by atoms with van der Waals surface area (Å²) in [6.07, 6.45) is 0. The number of phenols is 2. The SMILES string of the molecule is COc1cccc2c(O)c3ccccc3c(O)c12. The molecule has 3 nitrogen and oxygen atoms in total. The van der Waals surface area contributed by atoms with Gasteiger partial charge < -0.3 is 14.9 Å². The van der Waals surface area contributed by atoms with Gasteiger partial charge in [-0.3, -0.25) is 0 Å². The smallest absolute Gasteiger partial charge is 0.135 e. The third-order valence-electron chi connectivity index (χ3n) is 3.18. The second-order valence-electron chi connectivity index (χ2n) is 4.13. The minimum absolute atomic E-state index is 0.135. The Hall–Kier alpha value is -2.42. The number of hydrogen-bond donors (Lipinski definition) is 2. The van der Waals surface area contributed by atoms with E-state index >= 15 is 0 Å². The van der Waals surface area contributed by atoms with Gasteiger partial charge in [0.05, 0.1) is 12.5 Å². The molecule has 0 amide bonds. The zero-order valence-corrected chi connectivity index (χ0v) is 9.84. The number of benzene rings is 3. The number of hydrogen-bond acceptors (Lipinski definition) is 3. The molecule has 0 saturated heterocycles. The van der Waals surface area contributed by atoms with Gasteiger partial charge in [0.1, 0.15) is 17.2 Å². The summed E-state index contributed by atoms with van der Waals surface area (Å²) in [7, 11) is 1.54. The Morgan fingerprint density at radius 1 is 0.778 bits per heavy atom. The third-order valence-corrected chi connectivity index (χ3v) is 3.18. The average molecular weight is 240 g/mol. The van der Waals surface area contributed by atoms with E-state index in [1.165, 1.54) is 0 Å². The molecule has 0 bridgehead atoms. The molecule has 0 heterocycles. The Morgan fingerprint density at radius 2 is 1.39 bits per heavy atom. The van der Waals surface area contributed by atoms with Crippen molar-refractivity contribution in [1.29, 1.82) is 0 Å². The fraction of sp³-hybridized carbons (Fsp3) is 0.0667. The Labute approximate surface area is 104 Å². The maximum absolute atomic E-state index is 10.4. The van der Waals surface area contributed by atoms with E-state index in [-0.39, 0.29) is 11.5 Å². The first-order valence-corrected chi connectivity index (χ1v) is 5.63. The van der Waals surface area contributed by atoms with Crippen LogP contribution in [0.2, 0.25) is 0 Å². The number of aromatic hydroxyl groups is 2. The molecule has 0 aliphatic carbocycles. The lowest BCUT2D eigenvalue weighted by molar-refractivity contribution is 0.416. The van der Waals surface area contributed by atoms with Crippen molar-refractivity contribution in [1.82, 2.24) is 0 Å². The molecule has 3 heteroatoms. The lowest BCUT2D eigenvalue weighted by Crippen LogP contribution is -1.87. The first kappa shape index (κ1) is 10.7. The van der Waals surface area contributed by atoms with Crippen molar-refractivity contribution in [3.8, 4) is 17.2 Å². The van der Waals surface area contributed by atoms with Crippen molar-refractivity contribution < 1.29 is 14.9 Å². The summed E-state index contributed by atoms with van der Waals surface area (Å²) in [5.41, 5.74) is 0. The molecule has 0 radical (unpaired) electrons. The topological polar surface area (TPSA) is 49.7 Å². The second kappa shape index (κ2) is 3.81. The summed E-state index contributed by atoms with van der Waals surface area (Å²) in [6, 6.07) is 12.5. The van der Waals surface area contributed by atoms with Gasteiger partial charge in [-0.2, -0.15) is 0 Å². The lowest BCUT2D eigenvalue weighted by Gasteiger charge is -2.12. The van der Waals surface area contributed by atoms with E-state index in [1.807, 2.05) is 12.1 Å². The van der Waals surface area contributed by atoms with Crippen LogP contribution in [0, 0.1) is 0 Å². The predicted molar refractivity (Wildman–Crippen MR) is 71.3 cm³/mol. The normalized spacial score (nSPS) is 10.9. The average Bonchev–Trinajstić information content (AvgIpc) is 2.44. The van der Waals surface area contributed by atoms with E-state index in [0.29, 0.717) is 27.3 Å². The second-order valence-corrected chi connectivity index (χ2v) is 4.13. The Morgan fingerprint density at radius 3 is 2.06 bits per heavy atom. The maximum Gasteiger partial charge on any atom is 0.135 e. The predicted octanol–water partition coefficient (Wildman–Crippen LogP) is 3.41. The van der Waals surface area contributed by atoms with Gasteiger partial charge in [-0.15, -0.1) is 0 Å². The van der Waals surface area contributed by atoms with Crippen LogP contribution in [0.3, 0.4) is 0 Å². The summed E-state index contributed by atoms with van der Waals surface area (Å²) in [5, 5.41) is 23.0. The first-order chi connectivity index (χ1) is 8.74. The number of fused-ring (bicyclic) bond motifs is 2. The molecule has 18 heavy (non-hydrogen) atoms. The zero-order chi connectivity index (χ0) is 12.7. The molecule has 0 aromatic heterocycles. The van der Waals surface area contributed by atoms with Gasteiger partial charge in [-0.25, -0.2) is 0 Å². The molecule has 3 rings (SSSR count). The van der Waals surface area contributed by atoms with Gasteiger partial charge in [0, 0.05) is 16.2 Å². The van der Waals surface area contributed by atoms with Gasteiger partial charge in [0.2, 0.25) is 0 Å². The van der Waals surface area contributed by atoms with Crippen molar-refractivity contribution >= 4 is 21.5 Å². The number of ether oxygens (including phenoxy) is 1. The van der Waals surface area contributed by atoms with Crippen LogP contribution in [0.5, 0.6) is 17.2 Å². The summed E-state index contributed by atoms with van der Waals surface area (Å²) in [5.74, 6) is 0.846. The van der Waals surface area contributed by atoms with E-state index in [2.05, 4.69) is 0 Å². The van der Waals surface area contributed by atoms with Crippen LogP contribution >= 0.6 is 0 Å². The van der Waals surface area contributed by atoms with E-state index < -0.39 is 0 Å². The highest BCUT2D eigenvalue weighted by Crippen LogP contribution is 2.44. The van der Waals surface area contributed by atoms with Gasteiger partial charge >= 0.3 is 0 Å². The minimum atomic E-state index is 0.135. The monoisotopic (exact) mass is 240 g/mol. The van der Waals surface area contributed by atoms with Gasteiger partial charge in [-0.1, -0.05) is 36.4 Å². The molecule has 0 atom stereocenters. The molecule has 3 aromatic rings. The minimum Gasteiger partial charge on any atom is -0.507 e. The summed E-state index contributed by atoms with van der Waals surface area (Å²) < 4.78 is 5.24. The highest BCUT2D eigenvalue weighted by atomic mass is 16.5. The number of rotatable bonds is 1. The van der Waals surface area contributed by atoms with E-state index in [0.717, 1.165) is 0 Å². The number of phenolic OH excluding ortho intramolecular Hbond substituents is 2. The Bertz CT molecular complexity index is 747. The van der Waals surface area contributed by atoms with Crippen LogP contribution in [-0.4, -0.2) is 17.3 Å². The maximum atomic E-state index is 10.4.